The molecule has 0 saturated heterocycles. The van der Waals surface area contributed by atoms with Gasteiger partial charge in [-0.3, -0.25) is 9.48 Å². The van der Waals surface area contributed by atoms with Crippen molar-refractivity contribution in [2.24, 2.45) is 7.05 Å². The average Bonchev–Trinajstić information content (AvgIpc) is 2.99. The zero-order valence-corrected chi connectivity index (χ0v) is 15.6. The monoisotopic (exact) mass is 367 g/mol. The highest BCUT2D eigenvalue weighted by Gasteiger charge is 2.14. The van der Waals surface area contributed by atoms with Crippen molar-refractivity contribution >= 4 is 5.91 Å². The van der Waals surface area contributed by atoms with Crippen LogP contribution in [-0.4, -0.2) is 27.6 Å². The minimum absolute atomic E-state index is 0.0516. The Morgan fingerprint density at radius 1 is 1.15 bits per heavy atom. The molecule has 1 aromatic heterocycles. The van der Waals surface area contributed by atoms with Crippen LogP contribution in [0.4, 0.5) is 4.39 Å². The Morgan fingerprint density at radius 2 is 1.81 bits per heavy atom. The molecule has 0 aliphatic rings. The maximum atomic E-state index is 12.9. The van der Waals surface area contributed by atoms with Crippen LogP contribution in [0.2, 0.25) is 0 Å². The third-order valence-electron chi connectivity index (χ3n) is 4.51. The third kappa shape index (κ3) is 4.53. The molecular formula is C21H22FN3O2. The molecule has 0 aliphatic carbocycles. The summed E-state index contributed by atoms with van der Waals surface area (Å²) in [5.74, 6) is 0.253. The number of carbonyl (C=O) groups is 1. The van der Waals surface area contributed by atoms with E-state index >= 15 is 0 Å². The lowest BCUT2D eigenvalue weighted by Crippen LogP contribution is -2.26. The van der Waals surface area contributed by atoms with Crippen LogP contribution in [-0.2, 0) is 20.2 Å². The van der Waals surface area contributed by atoms with Crippen LogP contribution in [0.25, 0.3) is 0 Å². The first-order chi connectivity index (χ1) is 12.9. The van der Waals surface area contributed by atoms with Crippen molar-refractivity contribution in [2.75, 3.05) is 7.05 Å². The zero-order valence-electron chi connectivity index (χ0n) is 15.6. The van der Waals surface area contributed by atoms with Gasteiger partial charge in [0.25, 0.3) is 5.91 Å². The molecule has 0 fully saturated rings. The van der Waals surface area contributed by atoms with E-state index in [1.165, 1.54) is 12.1 Å². The van der Waals surface area contributed by atoms with E-state index in [4.69, 9.17) is 4.74 Å². The lowest BCUT2D eigenvalue weighted by molar-refractivity contribution is 0.0785. The van der Waals surface area contributed by atoms with Gasteiger partial charge in [-0.1, -0.05) is 12.1 Å². The van der Waals surface area contributed by atoms with E-state index in [-0.39, 0.29) is 11.7 Å². The van der Waals surface area contributed by atoms with E-state index in [1.54, 1.807) is 47.1 Å². The minimum atomic E-state index is -0.296. The smallest absolute Gasteiger partial charge is 0.253 e. The van der Waals surface area contributed by atoms with Crippen LogP contribution >= 0.6 is 0 Å². The normalized spacial score (nSPS) is 10.7. The number of halogens is 1. The molecule has 1 amide bonds. The van der Waals surface area contributed by atoms with Crippen molar-refractivity contribution in [3.05, 3.63) is 82.9 Å². The van der Waals surface area contributed by atoms with Crippen LogP contribution in [0, 0.1) is 12.7 Å². The number of aromatic nitrogens is 2. The first kappa shape index (κ1) is 18.6. The molecule has 0 unspecified atom stereocenters. The highest BCUT2D eigenvalue weighted by Crippen LogP contribution is 2.15. The molecule has 3 rings (SSSR count). The predicted octanol–water partition coefficient (Wildman–Crippen LogP) is 3.72. The van der Waals surface area contributed by atoms with Gasteiger partial charge in [-0.05, 0) is 48.9 Å². The molecule has 3 aromatic rings. The lowest BCUT2D eigenvalue weighted by Gasteiger charge is -2.17. The first-order valence-electron chi connectivity index (χ1n) is 8.64. The molecule has 0 N–H and O–H groups in total. The largest absolute Gasteiger partial charge is 0.489 e. The summed E-state index contributed by atoms with van der Waals surface area (Å²) in [7, 11) is 3.66. The number of ether oxygens (including phenoxy) is 1. The van der Waals surface area contributed by atoms with E-state index < -0.39 is 0 Å². The highest BCUT2D eigenvalue weighted by molar-refractivity contribution is 5.94. The summed E-state index contributed by atoms with van der Waals surface area (Å²) in [6, 6.07) is 13.2. The van der Waals surface area contributed by atoms with Crippen molar-refractivity contribution in [1.29, 1.82) is 0 Å². The number of hydrogen-bond donors (Lipinski definition) is 0. The molecule has 0 atom stereocenters. The Balaban J connectivity index is 1.59. The Bertz CT molecular complexity index is 918. The Labute approximate surface area is 158 Å². The number of nitrogens with zero attached hydrogens (tertiary/aromatic N) is 3. The molecule has 0 spiro atoms. The first-order valence-corrected chi connectivity index (χ1v) is 8.64. The fourth-order valence-corrected chi connectivity index (χ4v) is 2.69. The van der Waals surface area contributed by atoms with Gasteiger partial charge in [0.05, 0.1) is 6.20 Å². The van der Waals surface area contributed by atoms with Gasteiger partial charge in [-0.25, -0.2) is 4.39 Å². The van der Waals surface area contributed by atoms with Gasteiger partial charge in [0.2, 0.25) is 0 Å². The highest BCUT2D eigenvalue weighted by atomic mass is 19.1. The van der Waals surface area contributed by atoms with Crippen molar-refractivity contribution in [2.45, 2.75) is 20.1 Å². The van der Waals surface area contributed by atoms with Crippen molar-refractivity contribution in [1.82, 2.24) is 14.7 Å². The second kappa shape index (κ2) is 8.03. The summed E-state index contributed by atoms with van der Waals surface area (Å²) in [5.41, 5.74) is 3.62. The summed E-state index contributed by atoms with van der Waals surface area (Å²) < 4.78 is 20.3. The molecule has 1 heterocycles. The second-order valence-electron chi connectivity index (χ2n) is 6.48. The van der Waals surface area contributed by atoms with E-state index in [9.17, 15) is 9.18 Å². The Hall–Kier alpha value is -3.15. The van der Waals surface area contributed by atoms with E-state index in [0.29, 0.717) is 24.5 Å². The maximum Gasteiger partial charge on any atom is 0.253 e. The molecule has 5 nitrogen and oxygen atoms in total. The van der Waals surface area contributed by atoms with Gasteiger partial charge in [0, 0.05) is 37.5 Å². The Kier molecular flexibility index (Phi) is 5.54. The summed E-state index contributed by atoms with van der Waals surface area (Å²) in [6.45, 7) is 2.84. The average molecular weight is 367 g/mol. The fourth-order valence-electron chi connectivity index (χ4n) is 2.69. The molecule has 2 aromatic carbocycles. The van der Waals surface area contributed by atoms with Crippen LogP contribution in [0.1, 0.15) is 27.2 Å². The second-order valence-corrected chi connectivity index (χ2v) is 6.48. The molecular weight excluding hydrogens is 345 g/mol. The van der Waals surface area contributed by atoms with Crippen molar-refractivity contribution < 1.29 is 13.9 Å². The number of carbonyl (C=O) groups excluding carboxylic acids is 1. The summed E-state index contributed by atoms with van der Waals surface area (Å²) in [6.07, 6.45) is 1.79. The van der Waals surface area contributed by atoms with Crippen LogP contribution < -0.4 is 4.74 Å². The summed E-state index contributed by atoms with van der Waals surface area (Å²) in [5, 5.41) is 4.21. The van der Waals surface area contributed by atoms with Gasteiger partial charge in [0.15, 0.2) is 0 Å². The van der Waals surface area contributed by atoms with Gasteiger partial charge < -0.3 is 9.64 Å². The van der Waals surface area contributed by atoms with Crippen molar-refractivity contribution in [3.63, 3.8) is 0 Å². The van der Waals surface area contributed by atoms with Gasteiger partial charge in [0.1, 0.15) is 18.2 Å². The number of rotatable bonds is 6. The predicted molar refractivity (Wildman–Crippen MR) is 101 cm³/mol. The maximum absolute atomic E-state index is 12.9. The molecule has 140 valence electrons. The number of amides is 1. The Morgan fingerprint density at radius 3 is 2.41 bits per heavy atom. The van der Waals surface area contributed by atoms with E-state index in [1.807, 2.05) is 26.1 Å². The third-order valence-corrected chi connectivity index (χ3v) is 4.51. The summed E-state index contributed by atoms with van der Waals surface area (Å²) >= 11 is 0. The zero-order chi connectivity index (χ0) is 19.4. The number of aryl methyl sites for hydroxylation is 1. The van der Waals surface area contributed by atoms with E-state index in [0.717, 1.165) is 16.8 Å². The number of hydrogen-bond acceptors (Lipinski definition) is 3. The fraction of sp³-hybridized carbons (Fsp3) is 0.238. The molecule has 0 aliphatic heterocycles. The van der Waals surface area contributed by atoms with Gasteiger partial charge >= 0.3 is 0 Å². The molecule has 27 heavy (non-hydrogen) atoms. The van der Waals surface area contributed by atoms with Crippen LogP contribution in [0.5, 0.6) is 5.75 Å². The standard InChI is InChI=1S/C21H22FN3O2/c1-15-18(12-23-25(15)3)13-24(2)21(26)17-6-4-16(5-7-17)14-27-20-10-8-19(22)9-11-20/h4-12H,13-14H2,1-3H3. The van der Waals surface area contributed by atoms with Gasteiger partial charge in [-0.15, -0.1) is 0 Å². The minimum Gasteiger partial charge on any atom is -0.489 e. The van der Waals surface area contributed by atoms with Gasteiger partial charge in [-0.2, -0.15) is 5.10 Å². The SMILES string of the molecule is Cc1c(CN(C)C(=O)c2ccc(COc3ccc(F)cc3)cc2)cnn1C. The van der Waals surface area contributed by atoms with E-state index in [2.05, 4.69) is 5.10 Å². The molecule has 6 heteroatoms. The topological polar surface area (TPSA) is 47.4 Å². The lowest BCUT2D eigenvalue weighted by atomic mass is 10.1. The van der Waals surface area contributed by atoms with Crippen molar-refractivity contribution in [3.8, 4) is 5.75 Å². The molecule has 0 bridgehead atoms. The van der Waals surface area contributed by atoms with Crippen LogP contribution in [0.15, 0.2) is 54.7 Å². The summed E-state index contributed by atoms with van der Waals surface area (Å²) in [4.78, 5) is 14.3. The molecule has 0 saturated carbocycles. The molecule has 0 radical (unpaired) electrons. The van der Waals surface area contributed by atoms with Crippen LogP contribution in [0.3, 0.4) is 0 Å². The number of benzene rings is 2. The quantitative estimate of drug-likeness (QED) is 0.667.